The summed E-state index contributed by atoms with van der Waals surface area (Å²) in [6.45, 7) is 10.9. The molecule has 3 heterocycles. The molecule has 0 aliphatic carbocycles. The summed E-state index contributed by atoms with van der Waals surface area (Å²) < 4.78 is 0. The Labute approximate surface area is 192 Å². The minimum absolute atomic E-state index is 0.192. The zero-order valence-corrected chi connectivity index (χ0v) is 19.2. The normalized spacial score (nSPS) is 12.5. The molecule has 32 heavy (non-hydrogen) atoms. The third kappa shape index (κ3) is 4.05. The van der Waals surface area contributed by atoms with Gasteiger partial charge in [-0.25, -0.2) is 15.0 Å². The van der Waals surface area contributed by atoms with E-state index in [1.165, 1.54) is 11.9 Å². The van der Waals surface area contributed by atoms with Crippen LogP contribution >= 0.6 is 11.3 Å². The number of para-hydroxylation sites is 1. The van der Waals surface area contributed by atoms with Crippen molar-refractivity contribution in [1.82, 2.24) is 9.97 Å². The summed E-state index contributed by atoms with van der Waals surface area (Å²) in [5.74, 6) is 7.16. The number of thiophene rings is 1. The number of aromatic nitrogens is 2. The van der Waals surface area contributed by atoms with Gasteiger partial charge in [-0.15, -0.1) is 11.3 Å². The van der Waals surface area contributed by atoms with Crippen molar-refractivity contribution in [2.45, 2.75) is 27.2 Å². The van der Waals surface area contributed by atoms with Crippen LogP contribution in [0.25, 0.3) is 5.70 Å². The molecular weight excluding hydrogens is 416 g/mol. The van der Waals surface area contributed by atoms with Crippen LogP contribution in [-0.4, -0.2) is 28.1 Å². The van der Waals surface area contributed by atoms with Crippen molar-refractivity contribution in [1.29, 1.82) is 5.41 Å². The van der Waals surface area contributed by atoms with Gasteiger partial charge in [0, 0.05) is 18.2 Å². The molecule has 1 aliphatic rings. The van der Waals surface area contributed by atoms with Gasteiger partial charge in [-0.1, -0.05) is 37.6 Å². The molecule has 1 aliphatic heterocycles. The van der Waals surface area contributed by atoms with E-state index < -0.39 is 0 Å². The molecule has 0 atom stereocenters. The van der Waals surface area contributed by atoms with Gasteiger partial charge in [-0.2, -0.15) is 0 Å². The monoisotopic (exact) mass is 440 g/mol. The first-order valence-corrected chi connectivity index (χ1v) is 11.2. The summed E-state index contributed by atoms with van der Waals surface area (Å²) in [5, 5.41) is 14.7. The van der Waals surface area contributed by atoms with Gasteiger partial charge in [0.2, 0.25) is 0 Å². The SMILES string of the molecule is C=C1c2c(C)csc2N=C(CNc2ncncc2C(=N)C#CCC)N1c1ccccc1C. The van der Waals surface area contributed by atoms with Crippen LogP contribution in [0.1, 0.15) is 35.6 Å². The van der Waals surface area contributed by atoms with Crippen LogP contribution in [0.4, 0.5) is 16.5 Å². The topological polar surface area (TPSA) is 77.3 Å². The van der Waals surface area contributed by atoms with Crippen molar-refractivity contribution in [3.8, 4) is 11.8 Å². The third-order valence-corrected chi connectivity index (χ3v) is 6.13. The Hall–Kier alpha value is -3.76. The molecule has 0 radical (unpaired) electrons. The lowest BCUT2D eigenvalue weighted by Gasteiger charge is -2.33. The minimum Gasteiger partial charge on any atom is -0.362 e. The number of amidine groups is 1. The summed E-state index contributed by atoms with van der Waals surface area (Å²) in [5.41, 5.74) is 6.10. The lowest BCUT2D eigenvalue weighted by Crippen LogP contribution is -2.36. The highest BCUT2D eigenvalue weighted by molar-refractivity contribution is 7.14. The number of nitrogens with zero attached hydrogens (tertiary/aromatic N) is 4. The lowest BCUT2D eigenvalue weighted by molar-refractivity contribution is 1.12. The fourth-order valence-corrected chi connectivity index (χ4v) is 4.54. The molecular formula is C25H24N6S. The average Bonchev–Trinajstić information content (AvgIpc) is 3.18. The first kappa shape index (κ1) is 21.5. The van der Waals surface area contributed by atoms with E-state index in [9.17, 15) is 0 Å². The van der Waals surface area contributed by atoms with Crippen LogP contribution in [0.3, 0.4) is 0 Å². The second-order valence-electron chi connectivity index (χ2n) is 7.36. The Morgan fingerprint density at radius 2 is 2.06 bits per heavy atom. The number of aryl methyl sites for hydroxylation is 2. The van der Waals surface area contributed by atoms with Crippen LogP contribution in [0, 0.1) is 31.1 Å². The van der Waals surface area contributed by atoms with Gasteiger partial charge in [-0.05, 0) is 42.3 Å². The van der Waals surface area contributed by atoms with Gasteiger partial charge in [-0.3, -0.25) is 10.3 Å². The molecule has 3 aromatic rings. The highest BCUT2D eigenvalue weighted by atomic mass is 32.1. The molecule has 2 aromatic heterocycles. The lowest BCUT2D eigenvalue weighted by atomic mass is 10.1. The highest BCUT2D eigenvalue weighted by Gasteiger charge is 2.28. The first-order chi connectivity index (χ1) is 15.5. The number of fused-ring (bicyclic) bond motifs is 1. The number of aliphatic imine (C=N–C) groups is 1. The summed E-state index contributed by atoms with van der Waals surface area (Å²) in [6, 6.07) is 8.21. The fourth-order valence-electron chi connectivity index (χ4n) is 3.58. The van der Waals surface area contributed by atoms with Crippen LogP contribution in [0.5, 0.6) is 0 Å². The van der Waals surface area contributed by atoms with Crippen molar-refractivity contribution < 1.29 is 0 Å². The van der Waals surface area contributed by atoms with E-state index >= 15 is 0 Å². The van der Waals surface area contributed by atoms with Crippen molar-refractivity contribution in [3.05, 3.63) is 71.0 Å². The zero-order chi connectivity index (χ0) is 22.7. The smallest absolute Gasteiger partial charge is 0.139 e. The number of rotatable bonds is 5. The molecule has 160 valence electrons. The summed E-state index contributed by atoms with van der Waals surface area (Å²) in [6.07, 6.45) is 3.77. The zero-order valence-electron chi connectivity index (χ0n) is 18.4. The predicted octanol–water partition coefficient (Wildman–Crippen LogP) is 5.57. The van der Waals surface area contributed by atoms with Crippen LogP contribution in [0.2, 0.25) is 0 Å². The number of anilines is 2. The molecule has 2 N–H and O–H groups in total. The Kier molecular flexibility index (Phi) is 6.15. The molecule has 0 saturated carbocycles. The van der Waals surface area contributed by atoms with E-state index in [1.54, 1.807) is 17.5 Å². The second-order valence-corrected chi connectivity index (χ2v) is 8.22. The number of benzene rings is 1. The molecule has 0 fully saturated rings. The fraction of sp³-hybridized carbons (Fsp3) is 0.200. The van der Waals surface area contributed by atoms with E-state index in [0.717, 1.165) is 33.3 Å². The van der Waals surface area contributed by atoms with Crippen LogP contribution in [0.15, 0.2) is 53.7 Å². The van der Waals surface area contributed by atoms with Gasteiger partial charge in [0.25, 0.3) is 0 Å². The quantitative estimate of drug-likeness (QED) is 0.402. The minimum atomic E-state index is 0.192. The summed E-state index contributed by atoms with van der Waals surface area (Å²) in [4.78, 5) is 15.5. The van der Waals surface area contributed by atoms with E-state index in [4.69, 9.17) is 10.4 Å². The third-order valence-electron chi connectivity index (χ3n) is 5.14. The van der Waals surface area contributed by atoms with Crippen LogP contribution < -0.4 is 10.2 Å². The summed E-state index contributed by atoms with van der Waals surface area (Å²) in [7, 11) is 0. The maximum atomic E-state index is 8.28. The number of hydrogen-bond donors (Lipinski definition) is 2. The molecule has 0 bridgehead atoms. The van der Waals surface area contributed by atoms with Gasteiger partial charge in [0.15, 0.2) is 0 Å². The molecule has 4 rings (SSSR count). The van der Waals surface area contributed by atoms with E-state index in [1.807, 2.05) is 19.1 Å². The number of nitrogens with one attached hydrogen (secondary N) is 2. The Bertz CT molecular complexity index is 1290. The van der Waals surface area contributed by atoms with Gasteiger partial charge in [0.05, 0.1) is 23.5 Å². The van der Waals surface area contributed by atoms with E-state index in [-0.39, 0.29) is 5.71 Å². The van der Waals surface area contributed by atoms with Crippen molar-refractivity contribution in [2.24, 2.45) is 4.99 Å². The molecule has 0 saturated heterocycles. The summed E-state index contributed by atoms with van der Waals surface area (Å²) >= 11 is 1.62. The van der Waals surface area contributed by atoms with Gasteiger partial charge in [0.1, 0.15) is 28.7 Å². The Morgan fingerprint density at radius 1 is 1.25 bits per heavy atom. The molecule has 0 spiro atoms. The van der Waals surface area contributed by atoms with Gasteiger partial charge >= 0.3 is 0 Å². The van der Waals surface area contributed by atoms with E-state index in [0.29, 0.717) is 24.3 Å². The first-order valence-electron chi connectivity index (χ1n) is 10.3. The maximum absolute atomic E-state index is 8.28. The second kappa shape index (κ2) is 9.16. The molecule has 7 heteroatoms. The number of hydrogen-bond acceptors (Lipinski definition) is 7. The average molecular weight is 441 g/mol. The molecule has 1 aromatic carbocycles. The van der Waals surface area contributed by atoms with Crippen LogP contribution in [-0.2, 0) is 0 Å². The van der Waals surface area contributed by atoms with E-state index in [2.05, 4.69) is 70.0 Å². The Balaban J connectivity index is 1.71. The highest BCUT2D eigenvalue weighted by Crippen LogP contribution is 2.42. The van der Waals surface area contributed by atoms with Crippen molar-refractivity contribution in [2.75, 3.05) is 16.8 Å². The molecule has 0 amide bonds. The van der Waals surface area contributed by atoms with Crippen molar-refractivity contribution in [3.63, 3.8) is 0 Å². The molecule has 6 nitrogen and oxygen atoms in total. The standard InChI is InChI=1S/C25H24N6S/c1-5-6-10-20(26)19-12-27-15-29-24(19)28-13-22-30-25-23(17(3)14-32-25)18(4)31(22)21-11-8-7-9-16(21)2/h7-9,11-12,14-15,26H,4-5,13H2,1-3H3,(H,27,28,29). The Morgan fingerprint density at radius 3 is 2.84 bits per heavy atom. The maximum Gasteiger partial charge on any atom is 0.139 e. The van der Waals surface area contributed by atoms with Gasteiger partial charge < -0.3 is 5.32 Å². The predicted molar refractivity (Wildman–Crippen MR) is 134 cm³/mol. The van der Waals surface area contributed by atoms with Crippen molar-refractivity contribution >= 4 is 45.1 Å². The largest absolute Gasteiger partial charge is 0.362 e. The molecule has 0 unspecified atom stereocenters.